The van der Waals surface area contributed by atoms with Gasteiger partial charge in [-0.3, -0.25) is 9.69 Å². The molecule has 1 saturated heterocycles. The molecule has 1 aromatic carbocycles. The van der Waals surface area contributed by atoms with Crippen molar-refractivity contribution in [1.82, 2.24) is 4.90 Å². The summed E-state index contributed by atoms with van der Waals surface area (Å²) in [4.78, 5) is 24.6. The molecule has 26 heavy (non-hydrogen) atoms. The second-order valence-electron chi connectivity index (χ2n) is 7.00. The molecule has 5 N–H and O–H groups in total. The van der Waals surface area contributed by atoms with Crippen LogP contribution in [0.1, 0.15) is 22.8 Å². The predicted molar refractivity (Wildman–Crippen MR) is 91.6 cm³/mol. The van der Waals surface area contributed by atoms with Crippen molar-refractivity contribution in [2.24, 2.45) is 5.73 Å². The number of nitrogens with zero attached hydrogens (tertiary/aromatic N) is 1. The van der Waals surface area contributed by atoms with E-state index in [9.17, 15) is 19.7 Å². The summed E-state index contributed by atoms with van der Waals surface area (Å²) in [6.07, 6.45) is 0.661. The molecular weight excluding hydrogens is 343 g/mol. The van der Waals surface area contributed by atoms with Gasteiger partial charge in [0.1, 0.15) is 28.7 Å². The zero-order valence-corrected chi connectivity index (χ0v) is 14.3. The summed E-state index contributed by atoms with van der Waals surface area (Å²) in [5.74, 6) is -1.96. The lowest BCUT2D eigenvalue weighted by molar-refractivity contribution is -0.144. The largest absolute Gasteiger partial charge is 0.535 e. The Balaban J connectivity index is 1.69. The van der Waals surface area contributed by atoms with Gasteiger partial charge in [0, 0.05) is 19.6 Å². The summed E-state index contributed by atoms with van der Waals surface area (Å²) < 4.78 is 11.1. The molecule has 0 bridgehead atoms. The van der Waals surface area contributed by atoms with E-state index >= 15 is 0 Å². The smallest absolute Gasteiger partial charge is 0.522 e. The first-order valence-corrected chi connectivity index (χ1v) is 8.32. The number of carbonyl (C=O) groups is 2. The van der Waals surface area contributed by atoms with Gasteiger partial charge in [0.25, 0.3) is 0 Å². The fraction of sp³-hybridized carbons (Fsp3) is 0.500. The van der Waals surface area contributed by atoms with Crippen LogP contribution in [0.25, 0.3) is 0 Å². The van der Waals surface area contributed by atoms with E-state index in [0.717, 1.165) is 5.56 Å². The van der Waals surface area contributed by atoms with Crippen LogP contribution in [0.3, 0.4) is 0 Å². The highest BCUT2D eigenvalue weighted by Gasteiger charge is 2.38. The van der Waals surface area contributed by atoms with Crippen LogP contribution in [0.4, 0.5) is 0 Å². The molecule has 0 aromatic heterocycles. The van der Waals surface area contributed by atoms with E-state index in [2.05, 4.69) is 0 Å². The minimum absolute atomic E-state index is 0.103. The van der Waals surface area contributed by atoms with Crippen molar-refractivity contribution in [2.45, 2.75) is 31.3 Å². The van der Waals surface area contributed by atoms with E-state index < -0.39 is 24.6 Å². The number of carboxylic acids is 2. The van der Waals surface area contributed by atoms with Gasteiger partial charge in [0.05, 0.1) is 0 Å². The molecule has 2 heterocycles. The molecular formula is C16H21BN2O7. The van der Waals surface area contributed by atoms with Crippen LogP contribution in [-0.4, -0.2) is 70.5 Å². The number of likely N-dealkylation sites (tertiary alicyclic amines) is 1. The van der Waals surface area contributed by atoms with Crippen LogP contribution in [0.2, 0.25) is 6.32 Å². The fourth-order valence-electron chi connectivity index (χ4n) is 3.15. The number of aromatic carboxylic acids is 1. The molecule has 0 unspecified atom stereocenters. The molecule has 0 amide bonds. The highest BCUT2D eigenvalue weighted by atomic mass is 16.5. The number of aliphatic carboxylic acids is 1. The molecule has 1 atom stereocenters. The number of hydrogen-bond donors (Lipinski definition) is 4. The van der Waals surface area contributed by atoms with E-state index in [1.807, 2.05) is 4.90 Å². The number of nitrogens with two attached hydrogens (primary N) is 1. The molecule has 0 aliphatic carbocycles. The first-order valence-electron chi connectivity index (χ1n) is 8.32. The Morgan fingerprint density at radius 3 is 2.73 bits per heavy atom. The van der Waals surface area contributed by atoms with E-state index in [1.54, 1.807) is 12.1 Å². The normalized spacial score (nSPS) is 19.7. The molecule has 2 aliphatic rings. The highest BCUT2D eigenvalue weighted by Crippen LogP contribution is 2.37. The Hall–Kier alpha value is -2.30. The van der Waals surface area contributed by atoms with Crippen LogP contribution < -0.4 is 15.1 Å². The van der Waals surface area contributed by atoms with Gasteiger partial charge in [0.15, 0.2) is 0 Å². The average Bonchev–Trinajstić information content (AvgIpc) is 2.51. The molecule has 140 valence electrons. The van der Waals surface area contributed by atoms with Crippen molar-refractivity contribution in [3.8, 4) is 11.5 Å². The Labute approximate surface area is 150 Å². The SMILES string of the molecule is C[C@](N)(CN1CC(Oc2ccc3c(c2C(=O)O)OB(O)CC3)C1)C(=O)O. The number of fused-ring (bicyclic) bond motifs is 1. The van der Waals surface area contributed by atoms with Crippen molar-refractivity contribution >= 4 is 19.1 Å². The first-order chi connectivity index (χ1) is 12.2. The zero-order valence-electron chi connectivity index (χ0n) is 14.3. The van der Waals surface area contributed by atoms with E-state index in [0.29, 0.717) is 25.8 Å². The quantitative estimate of drug-likeness (QED) is 0.499. The predicted octanol–water partition coefficient (Wildman–Crippen LogP) is -0.335. The summed E-state index contributed by atoms with van der Waals surface area (Å²) in [6, 6.07) is 3.33. The number of aryl methyl sites for hydroxylation is 1. The lowest BCUT2D eigenvalue weighted by Gasteiger charge is -2.42. The van der Waals surface area contributed by atoms with Crippen LogP contribution in [0, 0.1) is 0 Å². The number of hydrogen-bond acceptors (Lipinski definition) is 7. The zero-order chi connectivity index (χ0) is 19.1. The molecule has 0 spiro atoms. The van der Waals surface area contributed by atoms with Gasteiger partial charge in [-0.15, -0.1) is 0 Å². The highest BCUT2D eigenvalue weighted by molar-refractivity contribution is 6.44. The van der Waals surface area contributed by atoms with Crippen LogP contribution in [0.15, 0.2) is 12.1 Å². The van der Waals surface area contributed by atoms with Gasteiger partial charge in [-0.1, -0.05) is 6.07 Å². The maximum Gasteiger partial charge on any atom is 0.522 e. The Morgan fingerprint density at radius 2 is 2.12 bits per heavy atom. The number of ether oxygens (including phenoxy) is 1. The average molecular weight is 364 g/mol. The lowest BCUT2D eigenvalue weighted by atomic mass is 9.78. The van der Waals surface area contributed by atoms with Crippen LogP contribution >= 0.6 is 0 Å². The Kier molecular flexibility index (Phi) is 4.83. The number of rotatable bonds is 6. The third-order valence-corrected chi connectivity index (χ3v) is 4.59. The van der Waals surface area contributed by atoms with E-state index in [-0.39, 0.29) is 29.7 Å². The molecule has 1 fully saturated rings. The topological polar surface area (TPSA) is 143 Å². The minimum atomic E-state index is -1.35. The molecule has 0 saturated carbocycles. The summed E-state index contributed by atoms with van der Waals surface area (Å²) in [5, 5.41) is 28.3. The number of carboxylic acid groups (broad SMARTS) is 2. The molecule has 2 aliphatic heterocycles. The van der Waals surface area contributed by atoms with Crippen molar-refractivity contribution in [2.75, 3.05) is 19.6 Å². The lowest BCUT2D eigenvalue weighted by Crippen LogP contribution is -2.62. The van der Waals surface area contributed by atoms with Crippen molar-refractivity contribution in [3.63, 3.8) is 0 Å². The Morgan fingerprint density at radius 1 is 1.42 bits per heavy atom. The van der Waals surface area contributed by atoms with Crippen molar-refractivity contribution in [1.29, 1.82) is 0 Å². The molecule has 1 aromatic rings. The fourth-order valence-corrected chi connectivity index (χ4v) is 3.15. The van der Waals surface area contributed by atoms with E-state index in [1.165, 1.54) is 6.92 Å². The van der Waals surface area contributed by atoms with Crippen LogP contribution in [-0.2, 0) is 11.2 Å². The molecule has 0 radical (unpaired) electrons. The molecule has 3 rings (SSSR count). The number of benzene rings is 1. The second-order valence-corrected chi connectivity index (χ2v) is 7.00. The third-order valence-electron chi connectivity index (χ3n) is 4.59. The summed E-state index contributed by atoms with van der Waals surface area (Å²) in [5.41, 5.74) is 4.98. The van der Waals surface area contributed by atoms with Crippen molar-refractivity contribution in [3.05, 3.63) is 23.3 Å². The van der Waals surface area contributed by atoms with Crippen LogP contribution in [0.5, 0.6) is 11.5 Å². The van der Waals surface area contributed by atoms with Gasteiger partial charge in [-0.25, -0.2) is 4.79 Å². The third kappa shape index (κ3) is 3.62. The summed E-state index contributed by atoms with van der Waals surface area (Å²) >= 11 is 0. The molecule has 9 nitrogen and oxygen atoms in total. The van der Waals surface area contributed by atoms with Gasteiger partial charge in [-0.2, -0.15) is 0 Å². The first kappa shape index (κ1) is 18.5. The minimum Gasteiger partial charge on any atom is -0.535 e. The summed E-state index contributed by atoms with van der Waals surface area (Å²) in [7, 11) is -1.03. The van der Waals surface area contributed by atoms with Gasteiger partial charge in [0.2, 0.25) is 0 Å². The maximum absolute atomic E-state index is 11.7. The Bertz CT molecular complexity index is 734. The van der Waals surface area contributed by atoms with E-state index in [4.69, 9.17) is 20.2 Å². The van der Waals surface area contributed by atoms with Crippen molar-refractivity contribution < 1.29 is 34.2 Å². The second kappa shape index (κ2) is 6.78. The molecule has 10 heteroatoms. The monoisotopic (exact) mass is 364 g/mol. The summed E-state index contributed by atoms with van der Waals surface area (Å²) in [6.45, 7) is 2.51. The standard InChI is InChI=1S/C16H21BN2O7/c1-16(18,15(22)23)8-19-6-10(7-19)25-11-3-2-9-4-5-17(24)26-13(9)12(11)14(20)21/h2-3,10,24H,4-8,18H2,1H3,(H,20,21)(H,22,23)/t16-/m0/s1. The van der Waals surface area contributed by atoms with Gasteiger partial charge < -0.3 is 30.4 Å². The van der Waals surface area contributed by atoms with Gasteiger partial charge in [-0.05, 0) is 31.3 Å². The maximum atomic E-state index is 11.7. The van der Waals surface area contributed by atoms with Gasteiger partial charge >= 0.3 is 19.1 Å².